The molecule has 0 saturated carbocycles. The van der Waals surface area contributed by atoms with E-state index in [1.165, 1.54) is 0 Å². The number of hydrogen-bond acceptors (Lipinski definition) is 3. The summed E-state index contributed by atoms with van der Waals surface area (Å²) in [7, 11) is 0. The second-order valence-electron chi connectivity index (χ2n) is 5.64. The highest BCUT2D eigenvalue weighted by Gasteiger charge is 2.42. The molecule has 0 N–H and O–H groups in total. The van der Waals surface area contributed by atoms with Gasteiger partial charge in [-0.1, -0.05) is 41.1 Å². The summed E-state index contributed by atoms with van der Waals surface area (Å²) in [5, 5.41) is 4.09. The third-order valence-electron chi connectivity index (χ3n) is 4.24. The standard InChI is InChI=1S/C18H9Cl2O2PS/c19-10-4-6-12-16(8-10)23(24)17-9-11(20)5-7-13(17)22-15-3-1-2-14(21-12)18(15)23/h1-9H. The molecule has 2 nitrogen and oxygen atoms in total. The van der Waals surface area contributed by atoms with Crippen LogP contribution >= 0.6 is 29.2 Å². The number of halogens is 2. The Balaban J connectivity index is 1.96. The molecule has 24 heavy (non-hydrogen) atoms. The van der Waals surface area contributed by atoms with Crippen LogP contribution in [0.15, 0.2) is 54.6 Å². The van der Waals surface area contributed by atoms with Crippen LogP contribution < -0.4 is 25.4 Å². The van der Waals surface area contributed by atoms with Crippen LogP contribution in [0, 0.1) is 0 Å². The average molecular weight is 391 g/mol. The van der Waals surface area contributed by atoms with Crippen LogP contribution in [0.3, 0.4) is 0 Å². The van der Waals surface area contributed by atoms with Gasteiger partial charge in [0.2, 0.25) is 0 Å². The lowest BCUT2D eigenvalue weighted by Crippen LogP contribution is -2.34. The molecule has 0 saturated heterocycles. The molecular formula is C18H9Cl2O2PS. The second kappa shape index (κ2) is 5.00. The van der Waals surface area contributed by atoms with Gasteiger partial charge in [-0.3, -0.25) is 0 Å². The van der Waals surface area contributed by atoms with Gasteiger partial charge in [0.15, 0.2) is 0 Å². The maximum atomic E-state index is 6.31. The highest BCUT2D eigenvalue weighted by molar-refractivity contribution is 8.26. The van der Waals surface area contributed by atoms with Gasteiger partial charge in [0.25, 0.3) is 0 Å². The van der Waals surface area contributed by atoms with Gasteiger partial charge >= 0.3 is 0 Å². The maximum absolute atomic E-state index is 6.31. The van der Waals surface area contributed by atoms with Crippen LogP contribution in [0.1, 0.15) is 0 Å². The van der Waals surface area contributed by atoms with Crippen molar-refractivity contribution in [2.45, 2.75) is 0 Å². The molecule has 2 aliphatic rings. The fourth-order valence-corrected chi connectivity index (χ4v) is 8.23. The monoisotopic (exact) mass is 390 g/mol. The summed E-state index contributed by atoms with van der Waals surface area (Å²) in [4.78, 5) is 0. The fraction of sp³-hybridized carbons (Fsp3) is 0. The zero-order chi connectivity index (χ0) is 16.5. The molecule has 0 spiro atoms. The lowest BCUT2D eigenvalue weighted by atomic mass is 10.2. The van der Waals surface area contributed by atoms with E-state index in [4.69, 9.17) is 44.5 Å². The second-order valence-corrected chi connectivity index (χ2v) is 10.8. The summed E-state index contributed by atoms with van der Waals surface area (Å²) in [6, 6.07) is 14.6. The predicted octanol–water partition coefficient (Wildman–Crippen LogP) is 4.96. The summed E-state index contributed by atoms with van der Waals surface area (Å²) >= 11 is 18.8. The Bertz CT molecular complexity index is 1000. The molecule has 3 aromatic rings. The highest BCUT2D eigenvalue weighted by Crippen LogP contribution is 2.58. The molecule has 0 fully saturated rings. The molecule has 2 aliphatic heterocycles. The number of hydrogen-bond donors (Lipinski definition) is 0. The number of benzene rings is 3. The molecule has 0 aromatic heterocycles. The van der Waals surface area contributed by atoms with Crippen LogP contribution in [-0.4, -0.2) is 0 Å². The molecule has 0 aliphatic carbocycles. The summed E-state index contributed by atoms with van der Waals surface area (Å²) in [6.45, 7) is 0. The minimum atomic E-state index is -2.35. The predicted molar refractivity (Wildman–Crippen MR) is 103 cm³/mol. The molecular weight excluding hydrogens is 382 g/mol. The molecule has 3 aromatic carbocycles. The van der Waals surface area contributed by atoms with Gasteiger partial charge in [-0.15, -0.1) is 0 Å². The molecule has 118 valence electrons. The van der Waals surface area contributed by atoms with E-state index in [0.717, 1.165) is 38.9 Å². The minimum absolute atomic E-state index is 0.637. The van der Waals surface area contributed by atoms with E-state index in [9.17, 15) is 0 Å². The molecule has 6 heteroatoms. The van der Waals surface area contributed by atoms with E-state index in [0.29, 0.717) is 10.0 Å². The first-order valence-electron chi connectivity index (χ1n) is 7.27. The lowest BCUT2D eigenvalue weighted by Gasteiger charge is -2.37. The fourth-order valence-electron chi connectivity index (χ4n) is 3.23. The largest absolute Gasteiger partial charge is 0.456 e. The Labute approximate surface area is 153 Å². The van der Waals surface area contributed by atoms with Crippen LogP contribution in [0.2, 0.25) is 10.0 Å². The van der Waals surface area contributed by atoms with E-state index in [1.54, 1.807) is 0 Å². The smallest absolute Gasteiger partial charge is 0.140 e. The molecule has 0 atom stereocenters. The van der Waals surface area contributed by atoms with E-state index >= 15 is 0 Å². The zero-order valence-electron chi connectivity index (χ0n) is 12.1. The third-order valence-corrected chi connectivity index (χ3v) is 9.56. The first-order valence-corrected chi connectivity index (χ1v) is 10.8. The molecule has 2 heterocycles. The topological polar surface area (TPSA) is 18.5 Å². The lowest BCUT2D eigenvalue weighted by molar-refractivity contribution is 0.466. The summed E-state index contributed by atoms with van der Waals surface area (Å²) < 4.78 is 12.2. The Hall–Kier alpha value is -1.51. The van der Waals surface area contributed by atoms with Gasteiger partial charge in [0, 0.05) is 20.7 Å². The summed E-state index contributed by atoms with van der Waals surface area (Å²) in [5.41, 5.74) is 0. The molecule has 0 amide bonds. The number of ether oxygens (including phenoxy) is 2. The van der Waals surface area contributed by atoms with Crippen molar-refractivity contribution in [3.8, 4) is 23.0 Å². The minimum Gasteiger partial charge on any atom is -0.456 e. The zero-order valence-corrected chi connectivity index (χ0v) is 15.3. The van der Waals surface area contributed by atoms with E-state index in [1.807, 2.05) is 54.6 Å². The Morgan fingerprint density at radius 2 is 1.21 bits per heavy atom. The van der Waals surface area contributed by atoms with Crippen LogP contribution in [0.25, 0.3) is 0 Å². The van der Waals surface area contributed by atoms with Crippen molar-refractivity contribution in [2.24, 2.45) is 0 Å². The maximum Gasteiger partial charge on any atom is 0.140 e. The molecule has 0 radical (unpaired) electrons. The van der Waals surface area contributed by atoms with Crippen molar-refractivity contribution in [3.63, 3.8) is 0 Å². The Kier molecular flexibility index (Phi) is 3.08. The van der Waals surface area contributed by atoms with Gasteiger partial charge in [-0.25, -0.2) is 0 Å². The average Bonchev–Trinajstić information content (AvgIpc) is 2.57. The first-order chi connectivity index (χ1) is 11.6. The van der Waals surface area contributed by atoms with E-state index in [2.05, 4.69) is 0 Å². The van der Waals surface area contributed by atoms with Gasteiger partial charge in [-0.05, 0) is 48.5 Å². The van der Waals surface area contributed by atoms with Crippen molar-refractivity contribution in [1.29, 1.82) is 0 Å². The van der Waals surface area contributed by atoms with Crippen molar-refractivity contribution in [3.05, 3.63) is 64.6 Å². The summed E-state index contributed by atoms with van der Waals surface area (Å²) in [5.74, 6) is 2.99. The first kappa shape index (κ1) is 14.8. The van der Waals surface area contributed by atoms with Crippen molar-refractivity contribution in [2.75, 3.05) is 0 Å². The molecule has 5 rings (SSSR count). The molecule has 0 bridgehead atoms. The van der Waals surface area contributed by atoms with Crippen LogP contribution in [0.5, 0.6) is 23.0 Å². The van der Waals surface area contributed by atoms with Crippen molar-refractivity contribution in [1.82, 2.24) is 0 Å². The van der Waals surface area contributed by atoms with Crippen LogP contribution in [-0.2, 0) is 11.8 Å². The van der Waals surface area contributed by atoms with Crippen molar-refractivity contribution >= 4 is 57.0 Å². The third kappa shape index (κ3) is 1.87. The van der Waals surface area contributed by atoms with Crippen molar-refractivity contribution < 1.29 is 9.47 Å². The van der Waals surface area contributed by atoms with Gasteiger partial charge < -0.3 is 9.47 Å². The SMILES string of the molecule is S=P12c3cc(Cl)ccc3Oc3cccc(c31)Oc1ccc(Cl)cc12. The van der Waals surface area contributed by atoms with E-state index < -0.39 is 6.04 Å². The molecule has 0 unspecified atom stereocenters. The Morgan fingerprint density at radius 1 is 0.708 bits per heavy atom. The number of rotatable bonds is 0. The number of fused-ring (bicyclic) bond motifs is 4. The quantitative estimate of drug-likeness (QED) is 0.348. The normalized spacial score (nSPS) is 15.4. The van der Waals surface area contributed by atoms with Gasteiger partial charge in [-0.2, -0.15) is 0 Å². The van der Waals surface area contributed by atoms with Gasteiger partial charge in [0.1, 0.15) is 23.0 Å². The highest BCUT2D eigenvalue weighted by atomic mass is 35.5. The van der Waals surface area contributed by atoms with Gasteiger partial charge in [0.05, 0.1) is 11.3 Å². The summed E-state index contributed by atoms with van der Waals surface area (Å²) in [6.07, 6.45) is 0. The van der Waals surface area contributed by atoms with Crippen LogP contribution in [0.4, 0.5) is 0 Å². The Morgan fingerprint density at radius 3 is 1.71 bits per heavy atom. The van der Waals surface area contributed by atoms with E-state index in [-0.39, 0.29) is 0 Å².